The summed E-state index contributed by atoms with van der Waals surface area (Å²) in [7, 11) is 0. The summed E-state index contributed by atoms with van der Waals surface area (Å²) < 4.78 is 22.7. The molecular weight excluding hydrogens is 394 g/mol. The summed E-state index contributed by atoms with van der Waals surface area (Å²) in [6, 6.07) is 12.9. The number of Topliss-reactive ketones (excluding diaryl/α,β-unsaturated/α-hetero) is 1. The van der Waals surface area contributed by atoms with Gasteiger partial charge in [0, 0.05) is 18.4 Å². The zero-order chi connectivity index (χ0) is 22.2. The highest BCUT2D eigenvalue weighted by Gasteiger charge is 2.16. The van der Waals surface area contributed by atoms with Crippen LogP contribution in [0.2, 0.25) is 0 Å². The molecule has 1 heterocycles. The number of ether oxygens (including phenoxy) is 3. The summed E-state index contributed by atoms with van der Waals surface area (Å²) in [5.41, 5.74) is 2.10. The van der Waals surface area contributed by atoms with E-state index in [4.69, 9.17) is 18.6 Å². The number of aryl methyl sites for hydroxylation is 1. The molecule has 0 N–H and O–H groups in total. The van der Waals surface area contributed by atoms with Crippen LogP contribution in [-0.2, 0) is 6.42 Å². The Morgan fingerprint density at radius 3 is 2.48 bits per heavy atom. The Hall–Kier alpha value is -3.28. The Labute approximate surface area is 183 Å². The number of para-hydroxylation sites is 1. The van der Waals surface area contributed by atoms with Crippen molar-refractivity contribution in [2.75, 3.05) is 13.2 Å². The normalized spacial score (nSPS) is 10.9. The average Bonchev–Trinajstić information content (AvgIpc) is 3.23. The first-order valence-electron chi connectivity index (χ1n) is 10.6. The highest BCUT2D eigenvalue weighted by Crippen LogP contribution is 2.32. The van der Waals surface area contributed by atoms with E-state index in [9.17, 15) is 4.79 Å². The molecule has 0 saturated carbocycles. The lowest BCUT2D eigenvalue weighted by molar-refractivity contribution is 0.0976. The van der Waals surface area contributed by atoms with Crippen molar-refractivity contribution in [3.63, 3.8) is 0 Å². The fraction of sp³-hybridized carbons (Fsp3) is 0.360. The van der Waals surface area contributed by atoms with Crippen LogP contribution in [0.3, 0.4) is 0 Å². The number of benzene rings is 2. The molecule has 0 bridgehead atoms. The highest BCUT2D eigenvalue weighted by molar-refractivity contribution is 5.98. The number of hydrogen-bond acceptors (Lipinski definition) is 6. The Balaban J connectivity index is 1.70. The number of carbonyl (C=O) groups excluding carboxylic acids is 1. The molecule has 31 heavy (non-hydrogen) atoms. The summed E-state index contributed by atoms with van der Waals surface area (Å²) in [5.74, 6) is 2.45. The smallest absolute Gasteiger partial charge is 0.226 e. The maximum atomic E-state index is 12.7. The SMILES string of the molecule is CCOc1ccc(-c2nc(CCC(=O)c3ccccc3OC(C)C)co2)cc1OCC. The molecule has 0 aliphatic carbocycles. The van der Waals surface area contributed by atoms with Gasteiger partial charge in [-0.25, -0.2) is 4.98 Å². The largest absolute Gasteiger partial charge is 0.490 e. The van der Waals surface area contributed by atoms with Crippen LogP contribution >= 0.6 is 0 Å². The molecule has 0 atom stereocenters. The van der Waals surface area contributed by atoms with E-state index in [1.165, 1.54) is 0 Å². The van der Waals surface area contributed by atoms with Gasteiger partial charge in [0.15, 0.2) is 17.3 Å². The quantitative estimate of drug-likeness (QED) is 0.366. The van der Waals surface area contributed by atoms with Crippen LogP contribution in [-0.4, -0.2) is 30.1 Å². The Morgan fingerprint density at radius 1 is 1.00 bits per heavy atom. The predicted octanol–water partition coefficient (Wildman–Crippen LogP) is 5.74. The number of oxazole rings is 1. The van der Waals surface area contributed by atoms with Crippen LogP contribution in [0.4, 0.5) is 0 Å². The molecule has 6 nitrogen and oxygen atoms in total. The molecule has 164 valence electrons. The summed E-state index contributed by atoms with van der Waals surface area (Å²) in [4.78, 5) is 17.3. The van der Waals surface area contributed by atoms with E-state index in [1.807, 2.05) is 64.1 Å². The number of hydrogen-bond donors (Lipinski definition) is 0. The third kappa shape index (κ3) is 5.87. The van der Waals surface area contributed by atoms with Crippen LogP contribution in [0, 0.1) is 0 Å². The van der Waals surface area contributed by atoms with Crippen molar-refractivity contribution in [3.05, 3.63) is 60.0 Å². The van der Waals surface area contributed by atoms with Gasteiger partial charge < -0.3 is 18.6 Å². The van der Waals surface area contributed by atoms with Gasteiger partial charge in [-0.2, -0.15) is 0 Å². The van der Waals surface area contributed by atoms with E-state index in [2.05, 4.69) is 4.98 Å². The molecule has 0 spiro atoms. The lowest BCUT2D eigenvalue weighted by Crippen LogP contribution is -2.10. The maximum absolute atomic E-state index is 12.7. The van der Waals surface area contributed by atoms with Crippen molar-refractivity contribution in [1.82, 2.24) is 4.98 Å². The third-order valence-corrected chi connectivity index (χ3v) is 4.50. The van der Waals surface area contributed by atoms with Gasteiger partial charge in [0.05, 0.1) is 30.6 Å². The van der Waals surface area contributed by atoms with E-state index < -0.39 is 0 Å². The van der Waals surface area contributed by atoms with Gasteiger partial charge in [-0.1, -0.05) is 12.1 Å². The molecule has 3 aromatic rings. The zero-order valence-electron chi connectivity index (χ0n) is 18.5. The summed E-state index contributed by atoms with van der Waals surface area (Å²) in [6.45, 7) is 8.82. The Morgan fingerprint density at radius 2 is 1.74 bits per heavy atom. The fourth-order valence-corrected chi connectivity index (χ4v) is 3.17. The van der Waals surface area contributed by atoms with Crippen LogP contribution in [0.15, 0.2) is 53.1 Å². The standard InChI is InChI=1S/C25H29NO5/c1-5-28-23-14-11-18(15-24(23)29-6-2)25-26-19(16-30-25)12-13-21(27)20-9-7-8-10-22(20)31-17(3)4/h7-11,14-17H,5-6,12-13H2,1-4H3. The second-order valence-corrected chi connectivity index (χ2v) is 7.26. The minimum Gasteiger partial charge on any atom is -0.490 e. The predicted molar refractivity (Wildman–Crippen MR) is 119 cm³/mol. The maximum Gasteiger partial charge on any atom is 0.226 e. The van der Waals surface area contributed by atoms with E-state index in [1.54, 1.807) is 12.3 Å². The van der Waals surface area contributed by atoms with Gasteiger partial charge in [0.2, 0.25) is 5.89 Å². The molecule has 0 aliphatic rings. The number of rotatable bonds is 11. The molecule has 0 radical (unpaired) electrons. The number of nitrogens with zero attached hydrogens (tertiary/aromatic N) is 1. The number of carbonyl (C=O) groups is 1. The Bertz CT molecular complexity index is 1010. The van der Waals surface area contributed by atoms with Gasteiger partial charge >= 0.3 is 0 Å². The lowest BCUT2D eigenvalue weighted by Gasteiger charge is -2.13. The second kappa shape index (κ2) is 10.7. The molecular formula is C25H29NO5. The van der Waals surface area contributed by atoms with Crippen LogP contribution in [0.25, 0.3) is 11.5 Å². The minimum absolute atomic E-state index is 0.00254. The molecule has 0 unspecified atom stereocenters. The van der Waals surface area contributed by atoms with Crippen molar-refractivity contribution >= 4 is 5.78 Å². The fourth-order valence-electron chi connectivity index (χ4n) is 3.17. The molecule has 2 aromatic carbocycles. The molecule has 3 rings (SSSR count). The molecule has 0 aliphatic heterocycles. The Kier molecular flexibility index (Phi) is 7.70. The topological polar surface area (TPSA) is 70.8 Å². The molecule has 0 saturated heterocycles. The van der Waals surface area contributed by atoms with E-state index in [-0.39, 0.29) is 11.9 Å². The summed E-state index contributed by atoms with van der Waals surface area (Å²) in [6.07, 6.45) is 2.39. The molecule has 0 amide bonds. The van der Waals surface area contributed by atoms with Gasteiger partial charge in [0.25, 0.3) is 0 Å². The average molecular weight is 424 g/mol. The lowest BCUT2D eigenvalue weighted by atomic mass is 10.0. The number of aromatic nitrogens is 1. The minimum atomic E-state index is 0.00254. The molecule has 0 fully saturated rings. The molecule has 1 aromatic heterocycles. The first kappa shape index (κ1) is 22.4. The van der Waals surface area contributed by atoms with Gasteiger partial charge in [-0.3, -0.25) is 4.79 Å². The molecule has 6 heteroatoms. The van der Waals surface area contributed by atoms with Crippen molar-refractivity contribution in [3.8, 4) is 28.7 Å². The summed E-state index contributed by atoms with van der Waals surface area (Å²) >= 11 is 0. The van der Waals surface area contributed by atoms with Gasteiger partial charge in [-0.15, -0.1) is 0 Å². The van der Waals surface area contributed by atoms with Gasteiger partial charge in [-0.05, 0) is 58.0 Å². The third-order valence-electron chi connectivity index (χ3n) is 4.50. The van der Waals surface area contributed by atoms with Gasteiger partial charge in [0.1, 0.15) is 12.0 Å². The first-order valence-corrected chi connectivity index (χ1v) is 10.6. The van der Waals surface area contributed by atoms with Crippen molar-refractivity contribution in [2.45, 2.75) is 46.6 Å². The van der Waals surface area contributed by atoms with Crippen LogP contribution in [0.1, 0.15) is 50.2 Å². The summed E-state index contributed by atoms with van der Waals surface area (Å²) in [5, 5.41) is 0. The van der Waals surface area contributed by atoms with Crippen molar-refractivity contribution in [1.29, 1.82) is 0 Å². The highest BCUT2D eigenvalue weighted by atomic mass is 16.5. The van der Waals surface area contributed by atoms with E-state index >= 15 is 0 Å². The van der Waals surface area contributed by atoms with E-state index in [0.717, 1.165) is 11.3 Å². The van der Waals surface area contributed by atoms with E-state index in [0.29, 0.717) is 54.8 Å². The monoisotopic (exact) mass is 423 g/mol. The van der Waals surface area contributed by atoms with Crippen molar-refractivity contribution < 1.29 is 23.4 Å². The zero-order valence-corrected chi connectivity index (χ0v) is 18.5. The number of ketones is 1. The second-order valence-electron chi connectivity index (χ2n) is 7.26. The van der Waals surface area contributed by atoms with Crippen molar-refractivity contribution in [2.24, 2.45) is 0 Å². The first-order chi connectivity index (χ1) is 15.0. The van der Waals surface area contributed by atoms with Crippen LogP contribution < -0.4 is 14.2 Å². The van der Waals surface area contributed by atoms with Crippen LogP contribution in [0.5, 0.6) is 17.2 Å².